The fraction of sp³-hybridized carbons (Fsp3) is 0.600. The Bertz CT molecular complexity index is 427. The third kappa shape index (κ3) is 5.33. The van der Waals surface area contributed by atoms with Crippen LogP contribution in [0.15, 0.2) is 16.8 Å². The van der Waals surface area contributed by atoms with E-state index in [0.717, 1.165) is 6.54 Å². The fourth-order valence-electron chi connectivity index (χ4n) is 1.92. The highest BCUT2D eigenvalue weighted by atomic mass is 32.1. The molecular formula is C15H24N2O2S. The van der Waals surface area contributed by atoms with E-state index in [1.807, 2.05) is 24.1 Å². The van der Waals surface area contributed by atoms with Crippen molar-refractivity contribution in [1.29, 1.82) is 0 Å². The smallest absolute Gasteiger partial charge is 0.252 e. The zero-order chi connectivity index (χ0) is 15.1. The molecule has 0 aliphatic carbocycles. The molecule has 1 rings (SSSR count). The Morgan fingerprint density at radius 3 is 2.50 bits per heavy atom. The van der Waals surface area contributed by atoms with Crippen molar-refractivity contribution in [3.63, 3.8) is 0 Å². The maximum absolute atomic E-state index is 12.2. The Labute approximate surface area is 125 Å². The van der Waals surface area contributed by atoms with Crippen LogP contribution in [0.2, 0.25) is 0 Å². The van der Waals surface area contributed by atoms with Crippen molar-refractivity contribution in [2.24, 2.45) is 5.92 Å². The number of carbonyl (C=O) groups is 2. The van der Waals surface area contributed by atoms with E-state index < -0.39 is 0 Å². The minimum atomic E-state index is -0.112. The Morgan fingerprint density at radius 1 is 1.30 bits per heavy atom. The highest BCUT2D eigenvalue weighted by Crippen LogP contribution is 2.07. The van der Waals surface area contributed by atoms with Gasteiger partial charge in [0.1, 0.15) is 0 Å². The van der Waals surface area contributed by atoms with Gasteiger partial charge in [0.05, 0.1) is 0 Å². The zero-order valence-corrected chi connectivity index (χ0v) is 13.5. The van der Waals surface area contributed by atoms with Gasteiger partial charge in [-0.15, -0.1) is 0 Å². The average molecular weight is 296 g/mol. The van der Waals surface area contributed by atoms with Gasteiger partial charge in [0.25, 0.3) is 5.91 Å². The highest BCUT2D eigenvalue weighted by molar-refractivity contribution is 7.08. The van der Waals surface area contributed by atoms with Crippen LogP contribution in [0.3, 0.4) is 0 Å². The molecule has 0 aliphatic heterocycles. The monoisotopic (exact) mass is 296 g/mol. The summed E-state index contributed by atoms with van der Waals surface area (Å²) in [5.74, 6) is 0.431. The minimum absolute atomic E-state index is 0.0966. The van der Waals surface area contributed by atoms with Gasteiger partial charge >= 0.3 is 0 Å². The van der Waals surface area contributed by atoms with Crippen molar-refractivity contribution in [2.45, 2.75) is 40.2 Å². The Balaban J connectivity index is 2.39. The second-order valence-electron chi connectivity index (χ2n) is 5.55. The van der Waals surface area contributed by atoms with Crippen LogP contribution < -0.4 is 5.32 Å². The molecule has 1 N–H and O–H groups in total. The summed E-state index contributed by atoms with van der Waals surface area (Å²) in [6.45, 7) is 9.38. The number of carbonyl (C=O) groups excluding carboxylic acids is 2. The van der Waals surface area contributed by atoms with Crippen molar-refractivity contribution in [1.82, 2.24) is 10.2 Å². The van der Waals surface area contributed by atoms with Gasteiger partial charge in [-0.05, 0) is 31.2 Å². The molecule has 5 heteroatoms. The normalized spacial score (nSPS) is 10.9. The summed E-state index contributed by atoms with van der Waals surface area (Å²) in [6.07, 6.45) is 0.348. The molecule has 0 fully saturated rings. The molecule has 4 nitrogen and oxygen atoms in total. The summed E-state index contributed by atoms with van der Waals surface area (Å²) in [6, 6.07) is 1.97. The van der Waals surface area contributed by atoms with Crippen molar-refractivity contribution in [3.05, 3.63) is 22.4 Å². The average Bonchev–Trinajstić information content (AvgIpc) is 2.88. The van der Waals surface area contributed by atoms with Gasteiger partial charge in [0.15, 0.2) is 0 Å². The molecule has 0 aromatic carbocycles. The van der Waals surface area contributed by atoms with Crippen LogP contribution in [0, 0.1) is 5.92 Å². The topological polar surface area (TPSA) is 49.4 Å². The van der Waals surface area contributed by atoms with Gasteiger partial charge in [0.2, 0.25) is 5.91 Å². The maximum atomic E-state index is 12.2. The lowest BCUT2D eigenvalue weighted by atomic mass is 10.1. The Kier molecular flexibility index (Phi) is 6.71. The molecular weight excluding hydrogens is 272 g/mol. The van der Waals surface area contributed by atoms with E-state index in [2.05, 4.69) is 19.2 Å². The van der Waals surface area contributed by atoms with Crippen molar-refractivity contribution < 1.29 is 9.59 Å². The lowest BCUT2D eigenvalue weighted by Gasteiger charge is -2.28. The van der Waals surface area contributed by atoms with Gasteiger partial charge < -0.3 is 10.2 Å². The second kappa shape index (κ2) is 8.04. The number of nitrogens with one attached hydrogen (secondary N) is 1. The van der Waals surface area contributed by atoms with Crippen molar-refractivity contribution in [2.75, 3.05) is 13.1 Å². The molecule has 1 aromatic rings. The number of hydrogen-bond donors (Lipinski definition) is 1. The molecule has 1 heterocycles. The SMILES string of the molecule is CC(C)CN(C(=O)CCNC(=O)c1ccsc1)C(C)C. The van der Waals surface area contributed by atoms with Crippen LogP contribution in [-0.2, 0) is 4.79 Å². The predicted molar refractivity (Wildman–Crippen MR) is 83.0 cm³/mol. The van der Waals surface area contributed by atoms with E-state index in [9.17, 15) is 9.59 Å². The lowest BCUT2D eigenvalue weighted by Crippen LogP contribution is -2.41. The molecule has 0 unspecified atom stereocenters. The van der Waals surface area contributed by atoms with Crippen LogP contribution in [0.25, 0.3) is 0 Å². The largest absolute Gasteiger partial charge is 0.351 e. The summed E-state index contributed by atoms with van der Waals surface area (Å²) in [5, 5.41) is 6.45. The molecule has 20 heavy (non-hydrogen) atoms. The molecule has 2 amide bonds. The molecule has 112 valence electrons. The number of amides is 2. The maximum Gasteiger partial charge on any atom is 0.252 e. The van der Waals surface area contributed by atoms with E-state index in [4.69, 9.17) is 0 Å². The Hall–Kier alpha value is -1.36. The van der Waals surface area contributed by atoms with E-state index in [-0.39, 0.29) is 17.9 Å². The Morgan fingerprint density at radius 2 is 2.00 bits per heavy atom. The van der Waals surface area contributed by atoms with E-state index >= 15 is 0 Å². The number of hydrogen-bond acceptors (Lipinski definition) is 3. The van der Waals surface area contributed by atoms with Crippen LogP contribution in [0.1, 0.15) is 44.5 Å². The molecule has 0 saturated heterocycles. The van der Waals surface area contributed by atoms with Crippen molar-refractivity contribution >= 4 is 23.2 Å². The molecule has 0 spiro atoms. The van der Waals surface area contributed by atoms with Gasteiger partial charge in [0, 0.05) is 36.5 Å². The van der Waals surface area contributed by atoms with Gasteiger partial charge in [-0.1, -0.05) is 13.8 Å². The second-order valence-corrected chi connectivity index (χ2v) is 6.33. The number of thiophene rings is 1. The molecule has 1 aromatic heterocycles. The summed E-state index contributed by atoms with van der Waals surface area (Å²) in [7, 11) is 0. The predicted octanol–water partition coefficient (Wildman–Crippen LogP) is 2.76. The quantitative estimate of drug-likeness (QED) is 0.841. The van der Waals surface area contributed by atoms with Gasteiger partial charge in [-0.25, -0.2) is 0 Å². The van der Waals surface area contributed by atoms with Crippen LogP contribution in [-0.4, -0.2) is 35.8 Å². The fourth-order valence-corrected chi connectivity index (χ4v) is 2.55. The summed E-state index contributed by atoms with van der Waals surface area (Å²) >= 11 is 1.49. The highest BCUT2D eigenvalue weighted by Gasteiger charge is 2.17. The van der Waals surface area contributed by atoms with Gasteiger partial charge in [-0.3, -0.25) is 9.59 Å². The minimum Gasteiger partial charge on any atom is -0.351 e. The number of rotatable bonds is 7. The first kappa shape index (κ1) is 16.7. The molecule has 0 aliphatic rings. The summed E-state index contributed by atoms with van der Waals surface area (Å²) < 4.78 is 0. The van der Waals surface area contributed by atoms with E-state index in [0.29, 0.717) is 24.4 Å². The van der Waals surface area contributed by atoms with E-state index in [1.165, 1.54) is 11.3 Å². The first-order chi connectivity index (χ1) is 9.41. The standard InChI is InChI=1S/C15H24N2O2S/c1-11(2)9-17(12(3)4)14(18)5-7-16-15(19)13-6-8-20-10-13/h6,8,10-12H,5,7,9H2,1-4H3,(H,16,19). The van der Waals surface area contributed by atoms with Crippen LogP contribution >= 0.6 is 11.3 Å². The summed E-state index contributed by atoms with van der Waals surface area (Å²) in [5.41, 5.74) is 0.658. The molecule has 0 saturated carbocycles. The third-order valence-corrected chi connectivity index (χ3v) is 3.60. The zero-order valence-electron chi connectivity index (χ0n) is 12.7. The summed E-state index contributed by atoms with van der Waals surface area (Å²) in [4.78, 5) is 25.8. The number of nitrogens with zero attached hydrogens (tertiary/aromatic N) is 1. The van der Waals surface area contributed by atoms with Crippen molar-refractivity contribution in [3.8, 4) is 0 Å². The van der Waals surface area contributed by atoms with E-state index in [1.54, 1.807) is 11.4 Å². The molecule has 0 bridgehead atoms. The first-order valence-corrected chi connectivity index (χ1v) is 7.96. The van der Waals surface area contributed by atoms with Crippen LogP contribution in [0.5, 0.6) is 0 Å². The molecule has 0 atom stereocenters. The lowest BCUT2D eigenvalue weighted by molar-refractivity contribution is -0.133. The third-order valence-electron chi connectivity index (χ3n) is 2.91. The van der Waals surface area contributed by atoms with Crippen LogP contribution in [0.4, 0.5) is 0 Å². The van der Waals surface area contributed by atoms with Gasteiger partial charge in [-0.2, -0.15) is 11.3 Å². The first-order valence-electron chi connectivity index (χ1n) is 7.01. The molecule has 0 radical (unpaired) electrons.